The van der Waals surface area contributed by atoms with Crippen molar-refractivity contribution in [3.63, 3.8) is 0 Å². The number of nitrogen functional groups attached to an aromatic ring is 1. The zero-order chi connectivity index (χ0) is 13.7. The van der Waals surface area contributed by atoms with E-state index in [0.29, 0.717) is 11.8 Å². The fourth-order valence-corrected chi connectivity index (χ4v) is 2.71. The molecule has 0 bridgehead atoms. The van der Waals surface area contributed by atoms with Crippen LogP contribution >= 0.6 is 23.3 Å². The van der Waals surface area contributed by atoms with Crippen molar-refractivity contribution in [2.75, 3.05) is 12.3 Å². The van der Waals surface area contributed by atoms with Gasteiger partial charge in [0, 0.05) is 6.42 Å². The molecule has 102 valence electrons. The van der Waals surface area contributed by atoms with Crippen molar-refractivity contribution in [3.05, 3.63) is 5.82 Å². The van der Waals surface area contributed by atoms with Gasteiger partial charge in [-0.05, 0) is 29.7 Å². The van der Waals surface area contributed by atoms with Gasteiger partial charge < -0.3 is 10.5 Å². The standard InChI is InChI=1S/C10H14N6OS2/c1-3-5-17-8-13-7(11)14-9(15-8)18-10-12-6(4-2)16-19-10/h3-5H2,1-2H3,(H2,11,13,14,15). The first kappa shape index (κ1) is 13.9. The Balaban J connectivity index is 2.12. The van der Waals surface area contributed by atoms with E-state index in [2.05, 4.69) is 24.3 Å². The molecule has 2 heterocycles. The molecule has 0 saturated heterocycles. The van der Waals surface area contributed by atoms with Crippen LogP contribution in [0.2, 0.25) is 0 Å². The van der Waals surface area contributed by atoms with Crippen LogP contribution in [-0.4, -0.2) is 30.9 Å². The Bertz CT molecular complexity index is 547. The van der Waals surface area contributed by atoms with Gasteiger partial charge in [-0.15, -0.1) is 0 Å². The van der Waals surface area contributed by atoms with E-state index in [-0.39, 0.29) is 12.0 Å². The van der Waals surface area contributed by atoms with E-state index in [1.54, 1.807) is 0 Å². The summed E-state index contributed by atoms with van der Waals surface area (Å²) in [5.41, 5.74) is 5.63. The van der Waals surface area contributed by atoms with Crippen LogP contribution in [0.5, 0.6) is 6.01 Å². The van der Waals surface area contributed by atoms with Crippen molar-refractivity contribution >= 4 is 29.2 Å². The molecule has 7 nitrogen and oxygen atoms in total. The summed E-state index contributed by atoms with van der Waals surface area (Å²) in [6.07, 6.45) is 1.69. The summed E-state index contributed by atoms with van der Waals surface area (Å²) in [4.78, 5) is 16.5. The first-order valence-electron chi connectivity index (χ1n) is 5.86. The lowest BCUT2D eigenvalue weighted by molar-refractivity contribution is 0.288. The average Bonchev–Trinajstić information content (AvgIpc) is 2.83. The zero-order valence-corrected chi connectivity index (χ0v) is 12.3. The van der Waals surface area contributed by atoms with E-state index in [1.807, 2.05) is 13.8 Å². The third kappa shape index (κ3) is 4.00. The molecule has 9 heteroatoms. The molecule has 0 atom stereocenters. The van der Waals surface area contributed by atoms with Crippen LogP contribution in [0, 0.1) is 0 Å². The number of aromatic nitrogens is 5. The summed E-state index contributed by atoms with van der Waals surface area (Å²) in [5.74, 6) is 0.959. The molecule has 2 aromatic heterocycles. The molecular weight excluding hydrogens is 284 g/mol. The Labute approximate surface area is 119 Å². The van der Waals surface area contributed by atoms with Crippen LogP contribution in [0.4, 0.5) is 5.95 Å². The molecule has 0 radical (unpaired) electrons. The average molecular weight is 298 g/mol. The van der Waals surface area contributed by atoms with Gasteiger partial charge in [-0.2, -0.15) is 19.3 Å². The quantitative estimate of drug-likeness (QED) is 0.861. The van der Waals surface area contributed by atoms with Gasteiger partial charge in [0.25, 0.3) is 0 Å². The largest absolute Gasteiger partial charge is 0.463 e. The van der Waals surface area contributed by atoms with Gasteiger partial charge in [0.05, 0.1) is 6.61 Å². The lowest BCUT2D eigenvalue weighted by Crippen LogP contribution is -2.05. The first-order valence-corrected chi connectivity index (χ1v) is 7.45. The second-order valence-electron chi connectivity index (χ2n) is 3.54. The molecular formula is C10H14N6OS2. The van der Waals surface area contributed by atoms with Gasteiger partial charge in [-0.1, -0.05) is 13.8 Å². The van der Waals surface area contributed by atoms with Gasteiger partial charge in [0.1, 0.15) is 5.82 Å². The topological polar surface area (TPSA) is 99.7 Å². The fourth-order valence-electron chi connectivity index (χ4n) is 1.16. The molecule has 0 aromatic carbocycles. The van der Waals surface area contributed by atoms with Crippen molar-refractivity contribution < 1.29 is 4.74 Å². The van der Waals surface area contributed by atoms with Crippen molar-refractivity contribution in [2.24, 2.45) is 0 Å². The van der Waals surface area contributed by atoms with Crippen molar-refractivity contribution in [1.29, 1.82) is 0 Å². The molecule has 0 aliphatic heterocycles. The summed E-state index contributed by atoms with van der Waals surface area (Å²) < 4.78 is 10.3. The predicted octanol–water partition coefficient (Wildman–Crippen LogP) is 1.81. The molecule has 19 heavy (non-hydrogen) atoms. The number of ether oxygens (including phenoxy) is 1. The van der Waals surface area contributed by atoms with Crippen molar-refractivity contribution in [2.45, 2.75) is 36.2 Å². The van der Waals surface area contributed by atoms with Crippen LogP contribution in [0.15, 0.2) is 9.50 Å². The molecule has 0 aliphatic rings. The van der Waals surface area contributed by atoms with E-state index in [0.717, 1.165) is 23.0 Å². The van der Waals surface area contributed by atoms with Gasteiger partial charge in [0.2, 0.25) is 11.1 Å². The highest BCUT2D eigenvalue weighted by Crippen LogP contribution is 2.27. The van der Waals surface area contributed by atoms with Crippen LogP contribution < -0.4 is 10.5 Å². The highest BCUT2D eigenvalue weighted by atomic mass is 32.2. The number of hydrogen-bond acceptors (Lipinski definition) is 9. The van der Waals surface area contributed by atoms with Gasteiger partial charge in [0.15, 0.2) is 4.34 Å². The Morgan fingerprint density at radius 2 is 2.05 bits per heavy atom. The summed E-state index contributed by atoms with van der Waals surface area (Å²) in [6, 6.07) is 0.247. The normalized spacial score (nSPS) is 10.6. The summed E-state index contributed by atoms with van der Waals surface area (Å²) in [5, 5.41) is 0.470. The Morgan fingerprint density at radius 3 is 2.74 bits per heavy atom. The van der Waals surface area contributed by atoms with E-state index in [9.17, 15) is 0 Å². The highest BCUT2D eigenvalue weighted by molar-refractivity contribution is 8.00. The third-order valence-electron chi connectivity index (χ3n) is 1.99. The monoisotopic (exact) mass is 298 g/mol. The maximum absolute atomic E-state index is 5.63. The molecule has 0 spiro atoms. The summed E-state index contributed by atoms with van der Waals surface area (Å²) >= 11 is 2.63. The Morgan fingerprint density at radius 1 is 1.21 bits per heavy atom. The van der Waals surface area contributed by atoms with E-state index in [4.69, 9.17) is 10.5 Å². The number of nitrogens with two attached hydrogens (primary N) is 1. The molecule has 0 amide bonds. The fraction of sp³-hybridized carbons (Fsp3) is 0.500. The minimum Gasteiger partial charge on any atom is -0.463 e. The second-order valence-corrected chi connectivity index (χ2v) is 5.51. The summed E-state index contributed by atoms with van der Waals surface area (Å²) in [6.45, 7) is 4.56. The predicted molar refractivity (Wildman–Crippen MR) is 73.4 cm³/mol. The van der Waals surface area contributed by atoms with Gasteiger partial charge in [-0.25, -0.2) is 4.98 Å². The van der Waals surface area contributed by atoms with Crippen LogP contribution in [0.25, 0.3) is 0 Å². The van der Waals surface area contributed by atoms with Crippen LogP contribution in [-0.2, 0) is 6.42 Å². The van der Waals surface area contributed by atoms with Crippen LogP contribution in [0.1, 0.15) is 26.1 Å². The highest BCUT2D eigenvalue weighted by Gasteiger charge is 2.10. The lowest BCUT2D eigenvalue weighted by Gasteiger charge is -2.04. The number of anilines is 1. The Kier molecular flexibility index (Phi) is 4.86. The smallest absolute Gasteiger partial charge is 0.322 e. The molecule has 0 unspecified atom stereocenters. The minimum atomic E-state index is 0.142. The zero-order valence-electron chi connectivity index (χ0n) is 10.7. The Hall–Kier alpha value is -1.48. The van der Waals surface area contributed by atoms with Crippen molar-refractivity contribution in [1.82, 2.24) is 24.3 Å². The molecule has 0 aliphatic carbocycles. The second kappa shape index (κ2) is 6.62. The van der Waals surface area contributed by atoms with E-state index in [1.165, 1.54) is 23.3 Å². The van der Waals surface area contributed by atoms with E-state index < -0.39 is 0 Å². The third-order valence-corrected chi connectivity index (χ3v) is 3.65. The lowest BCUT2D eigenvalue weighted by atomic mass is 10.5. The molecule has 0 fully saturated rings. The maximum Gasteiger partial charge on any atom is 0.322 e. The number of aryl methyl sites for hydroxylation is 1. The molecule has 2 rings (SSSR count). The van der Waals surface area contributed by atoms with Gasteiger partial charge >= 0.3 is 6.01 Å². The molecule has 2 aromatic rings. The van der Waals surface area contributed by atoms with Crippen molar-refractivity contribution in [3.8, 4) is 6.01 Å². The SMILES string of the molecule is CCCOc1nc(N)nc(Sc2nc(CC)ns2)n1. The summed E-state index contributed by atoms with van der Waals surface area (Å²) in [7, 11) is 0. The van der Waals surface area contributed by atoms with Crippen LogP contribution in [0.3, 0.4) is 0 Å². The molecule has 0 saturated carbocycles. The molecule has 2 N–H and O–H groups in total. The van der Waals surface area contributed by atoms with E-state index >= 15 is 0 Å². The van der Waals surface area contributed by atoms with Gasteiger partial charge in [-0.3, -0.25) is 0 Å². The number of nitrogens with zero attached hydrogens (tertiary/aromatic N) is 5. The first-order chi connectivity index (χ1) is 9.21. The number of hydrogen-bond donors (Lipinski definition) is 1. The maximum atomic E-state index is 5.63. The minimum absolute atomic E-state index is 0.142. The number of rotatable bonds is 6.